The summed E-state index contributed by atoms with van der Waals surface area (Å²) in [6.45, 7) is 7.07. The second kappa shape index (κ2) is 8.59. The van der Waals surface area contributed by atoms with Crippen LogP contribution in [0.3, 0.4) is 0 Å². The van der Waals surface area contributed by atoms with Crippen LogP contribution in [0.15, 0.2) is 29.2 Å². The second-order valence-corrected chi connectivity index (χ2v) is 4.06. The maximum Gasteiger partial charge on any atom is 0.124 e. The summed E-state index contributed by atoms with van der Waals surface area (Å²) in [6, 6.07) is 7.60. The van der Waals surface area contributed by atoms with Gasteiger partial charge in [-0.25, -0.2) is 8.93 Å². The van der Waals surface area contributed by atoms with Crippen molar-refractivity contribution in [2.24, 2.45) is 5.73 Å². The van der Waals surface area contributed by atoms with E-state index in [-0.39, 0.29) is 0 Å². The SMILES string of the molecule is CC.Cc1ccc(S(=O)NCCN)cc1. The lowest BCUT2D eigenvalue weighted by Crippen LogP contribution is -2.24. The summed E-state index contributed by atoms with van der Waals surface area (Å²) in [6.07, 6.45) is 0. The minimum atomic E-state index is -1.12. The lowest BCUT2D eigenvalue weighted by atomic mass is 10.2. The summed E-state index contributed by atoms with van der Waals surface area (Å²) in [5.74, 6) is 0. The van der Waals surface area contributed by atoms with Crippen LogP contribution in [0.4, 0.5) is 0 Å². The number of nitrogens with two attached hydrogens (primary N) is 1. The topological polar surface area (TPSA) is 55.1 Å². The quantitative estimate of drug-likeness (QED) is 0.822. The zero-order chi connectivity index (χ0) is 11.7. The van der Waals surface area contributed by atoms with E-state index in [0.717, 1.165) is 4.90 Å². The van der Waals surface area contributed by atoms with Gasteiger partial charge in [-0.2, -0.15) is 0 Å². The molecule has 0 aliphatic rings. The molecule has 1 aromatic rings. The van der Waals surface area contributed by atoms with Crippen LogP contribution in [0.5, 0.6) is 0 Å². The zero-order valence-electron chi connectivity index (χ0n) is 9.62. The van der Waals surface area contributed by atoms with E-state index in [2.05, 4.69) is 4.72 Å². The fraction of sp³-hybridized carbons (Fsp3) is 0.455. The van der Waals surface area contributed by atoms with Gasteiger partial charge in [-0.3, -0.25) is 0 Å². The van der Waals surface area contributed by atoms with E-state index in [4.69, 9.17) is 5.73 Å². The normalized spacial score (nSPS) is 11.5. The summed E-state index contributed by atoms with van der Waals surface area (Å²) in [5.41, 5.74) is 6.45. The minimum absolute atomic E-state index is 0.498. The van der Waals surface area contributed by atoms with Crippen molar-refractivity contribution in [3.63, 3.8) is 0 Å². The van der Waals surface area contributed by atoms with Crippen molar-refractivity contribution in [1.82, 2.24) is 4.72 Å². The second-order valence-electron chi connectivity index (χ2n) is 2.76. The van der Waals surface area contributed by atoms with Crippen molar-refractivity contribution in [2.75, 3.05) is 13.1 Å². The molecule has 0 amide bonds. The monoisotopic (exact) mass is 228 g/mol. The molecule has 0 saturated heterocycles. The first-order valence-corrected chi connectivity index (χ1v) is 6.31. The average molecular weight is 228 g/mol. The highest BCUT2D eigenvalue weighted by atomic mass is 32.2. The van der Waals surface area contributed by atoms with Crippen LogP contribution in [0, 0.1) is 6.92 Å². The maximum atomic E-state index is 11.5. The summed E-state index contributed by atoms with van der Waals surface area (Å²) in [7, 11) is -1.12. The third kappa shape index (κ3) is 5.67. The first-order valence-electron chi connectivity index (χ1n) is 5.16. The molecule has 1 atom stereocenters. The number of rotatable bonds is 4. The van der Waals surface area contributed by atoms with Gasteiger partial charge in [0, 0.05) is 13.1 Å². The fourth-order valence-corrected chi connectivity index (χ4v) is 1.75. The molecule has 86 valence electrons. The van der Waals surface area contributed by atoms with Crippen LogP contribution >= 0.6 is 0 Å². The Morgan fingerprint density at radius 3 is 2.27 bits per heavy atom. The van der Waals surface area contributed by atoms with E-state index in [1.54, 1.807) is 0 Å². The van der Waals surface area contributed by atoms with Crippen molar-refractivity contribution in [2.45, 2.75) is 25.7 Å². The Morgan fingerprint density at radius 1 is 1.27 bits per heavy atom. The molecule has 0 fully saturated rings. The van der Waals surface area contributed by atoms with Gasteiger partial charge >= 0.3 is 0 Å². The summed E-state index contributed by atoms with van der Waals surface area (Å²) >= 11 is 0. The molecule has 1 unspecified atom stereocenters. The van der Waals surface area contributed by atoms with E-state index < -0.39 is 11.0 Å². The molecule has 0 radical (unpaired) electrons. The van der Waals surface area contributed by atoms with Crippen molar-refractivity contribution in [3.05, 3.63) is 29.8 Å². The highest BCUT2D eigenvalue weighted by Gasteiger charge is 2.00. The molecule has 3 N–H and O–H groups in total. The summed E-state index contributed by atoms with van der Waals surface area (Å²) < 4.78 is 14.3. The molecule has 0 saturated carbocycles. The number of nitrogens with one attached hydrogen (secondary N) is 1. The van der Waals surface area contributed by atoms with E-state index in [1.165, 1.54) is 5.56 Å². The summed E-state index contributed by atoms with van der Waals surface area (Å²) in [4.78, 5) is 0.791. The molecule has 4 heteroatoms. The lowest BCUT2D eigenvalue weighted by molar-refractivity contribution is 0.672. The van der Waals surface area contributed by atoms with Gasteiger partial charge < -0.3 is 5.73 Å². The molecule has 1 rings (SSSR count). The molecule has 0 aliphatic heterocycles. The van der Waals surface area contributed by atoms with E-state index in [9.17, 15) is 4.21 Å². The van der Waals surface area contributed by atoms with Gasteiger partial charge in [-0.15, -0.1) is 0 Å². The van der Waals surface area contributed by atoms with Crippen molar-refractivity contribution in [3.8, 4) is 0 Å². The molecule has 0 aliphatic carbocycles. The average Bonchev–Trinajstić information content (AvgIpc) is 2.29. The van der Waals surface area contributed by atoms with Gasteiger partial charge in [0.15, 0.2) is 0 Å². The number of hydrogen-bond acceptors (Lipinski definition) is 2. The number of hydrogen-bond donors (Lipinski definition) is 2. The van der Waals surface area contributed by atoms with Crippen LogP contribution < -0.4 is 10.5 Å². The van der Waals surface area contributed by atoms with Crippen molar-refractivity contribution in [1.29, 1.82) is 0 Å². The molecule has 3 nitrogen and oxygen atoms in total. The summed E-state index contributed by atoms with van der Waals surface area (Å²) in [5, 5.41) is 0. The smallest absolute Gasteiger partial charge is 0.124 e. The molecule has 1 aromatic carbocycles. The molecule has 15 heavy (non-hydrogen) atoms. The molecule has 0 heterocycles. The minimum Gasteiger partial charge on any atom is -0.329 e. The van der Waals surface area contributed by atoms with Crippen LogP contribution in [0.1, 0.15) is 19.4 Å². The number of aryl methyl sites for hydroxylation is 1. The van der Waals surface area contributed by atoms with Crippen molar-refractivity contribution >= 4 is 11.0 Å². The van der Waals surface area contributed by atoms with Gasteiger partial charge in [0.1, 0.15) is 11.0 Å². The van der Waals surface area contributed by atoms with Gasteiger partial charge in [0.25, 0.3) is 0 Å². The van der Waals surface area contributed by atoms with Crippen LogP contribution in [-0.2, 0) is 11.0 Å². The molecular weight excluding hydrogens is 208 g/mol. The van der Waals surface area contributed by atoms with Crippen molar-refractivity contribution < 1.29 is 4.21 Å². The predicted octanol–water partition coefficient (Wildman–Crippen LogP) is 1.59. The van der Waals surface area contributed by atoms with E-state index in [1.807, 2.05) is 45.0 Å². The third-order valence-corrected chi connectivity index (χ3v) is 2.78. The highest BCUT2D eigenvalue weighted by molar-refractivity contribution is 7.83. The van der Waals surface area contributed by atoms with Crippen LogP contribution in [-0.4, -0.2) is 17.3 Å². The Bertz CT molecular complexity index is 285. The Labute approximate surface area is 94.7 Å². The fourth-order valence-electron chi connectivity index (χ4n) is 0.897. The van der Waals surface area contributed by atoms with E-state index >= 15 is 0 Å². The zero-order valence-corrected chi connectivity index (χ0v) is 10.4. The van der Waals surface area contributed by atoms with Gasteiger partial charge in [0.05, 0.1) is 4.90 Å². The Hall–Kier alpha value is -0.710. The molecule has 0 bridgehead atoms. The van der Waals surface area contributed by atoms with Crippen LogP contribution in [0.2, 0.25) is 0 Å². The number of benzene rings is 1. The maximum absolute atomic E-state index is 11.5. The Kier molecular flexibility index (Phi) is 8.18. The first kappa shape index (κ1) is 14.3. The largest absolute Gasteiger partial charge is 0.329 e. The first-order chi connectivity index (χ1) is 7.24. The predicted molar refractivity (Wildman–Crippen MR) is 66.0 cm³/mol. The lowest BCUT2D eigenvalue weighted by Gasteiger charge is -2.02. The molecular formula is C11H20N2OS. The Balaban J connectivity index is 0.000000921. The third-order valence-electron chi connectivity index (χ3n) is 1.61. The van der Waals surface area contributed by atoms with Gasteiger partial charge in [-0.1, -0.05) is 31.5 Å². The van der Waals surface area contributed by atoms with Gasteiger partial charge in [-0.05, 0) is 19.1 Å². The molecule has 0 spiro atoms. The Morgan fingerprint density at radius 2 is 1.80 bits per heavy atom. The highest BCUT2D eigenvalue weighted by Crippen LogP contribution is 2.05. The molecule has 0 aromatic heterocycles. The van der Waals surface area contributed by atoms with Crippen LogP contribution in [0.25, 0.3) is 0 Å². The van der Waals surface area contributed by atoms with Gasteiger partial charge in [0.2, 0.25) is 0 Å². The van der Waals surface area contributed by atoms with E-state index in [0.29, 0.717) is 13.1 Å². The standard InChI is InChI=1S/C9H14N2OS.C2H6/c1-8-2-4-9(5-3-8)13(12)11-7-6-10;1-2/h2-5,11H,6-7,10H2,1H3;1-2H3.